The van der Waals surface area contributed by atoms with Crippen LogP contribution >= 0.6 is 22.6 Å². The second kappa shape index (κ2) is 3.32. The number of hydrogen-bond acceptors (Lipinski definition) is 1. The third-order valence-corrected chi connectivity index (χ3v) is 2.53. The highest BCUT2D eigenvalue weighted by Crippen LogP contribution is 2.36. The zero-order valence-electron chi connectivity index (χ0n) is 6.12. The molecule has 2 N–H and O–H groups in total. The Morgan fingerprint density at radius 3 is 2.23 bits per heavy atom. The zero-order valence-corrected chi connectivity index (χ0v) is 8.28. The van der Waals surface area contributed by atoms with E-state index in [1.54, 1.807) is 0 Å². The average molecular weight is 305 g/mol. The van der Waals surface area contributed by atoms with E-state index in [1.165, 1.54) is 22.6 Å². The molecule has 0 saturated heterocycles. The zero-order chi connectivity index (χ0) is 10.2. The van der Waals surface area contributed by atoms with Crippen LogP contribution in [0.5, 0.6) is 0 Å². The molecule has 0 fully saturated rings. The van der Waals surface area contributed by atoms with Gasteiger partial charge < -0.3 is 5.73 Å². The Morgan fingerprint density at radius 1 is 1.23 bits per heavy atom. The van der Waals surface area contributed by atoms with E-state index in [-0.39, 0.29) is 3.57 Å². The van der Waals surface area contributed by atoms with E-state index in [4.69, 9.17) is 5.73 Å². The van der Waals surface area contributed by atoms with Gasteiger partial charge in [-0.25, -0.2) is 4.39 Å². The lowest BCUT2D eigenvalue weighted by atomic mass is 10.2. The minimum Gasteiger partial charge on any atom is -0.397 e. The fourth-order valence-electron chi connectivity index (χ4n) is 0.814. The predicted octanol–water partition coefficient (Wildman–Crippen LogP) is 3.03. The van der Waals surface area contributed by atoms with E-state index >= 15 is 0 Å². The molecule has 0 spiro atoms. The SMILES string of the molecule is Nc1c(C(F)(F)F)ccc(F)c1I. The largest absolute Gasteiger partial charge is 0.418 e. The second-order valence-electron chi connectivity index (χ2n) is 2.32. The third-order valence-electron chi connectivity index (χ3n) is 1.44. The van der Waals surface area contributed by atoms with Crippen molar-refractivity contribution in [1.82, 2.24) is 0 Å². The first kappa shape index (κ1) is 10.6. The lowest BCUT2D eigenvalue weighted by Crippen LogP contribution is -2.10. The average Bonchev–Trinajstić information content (AvgIpc) is 1.98. The molecule has 1 aromatic carbocycles. The summed E-state index contributed by atoms with van der Waals surface area (Å²) in [4.78, 5) is 0. The maximum absolute atomic E-state index is 12.7. The molecule has 0 aliphatic heterocycles. The maximum Gasteiger partial charge on any atom is 0.418 e. The molecule has 1 rings (SSSR count). The van der Waals surface area contributed by atoms with Crippen molar-refractivity contribution in [2.75, 3.05) is 5.73 Å². The first-order chi connectivity index (χ1) is 5.84. The van der Waals surface area contributed by atoms with Crippen molar-refractivity contribution in [3.05, 3.63) is 27.1 Å². The number of hydrogen-bond donors (Lipinski definition) is 1. The van der Waals surface area contributed by atoms with Gasteiger partial charge in [-0.05, 0) is 34.7 Å². The van der Waals surface area contributed by atoms with Crippen LogP contribution in [0.2, 0.25) is 0 Å². The van der Waals surface area contributed by atoms with Gasteiger partial charge in [0, 0.05) is 0 Å². The topological polar surface area (TPSA) is 26.0 Å². The predicted molar refractivity (Wildman–Crippen MR) is 48.5 cm³/mol. The van der Waals surface area contributed by atoms with Crippen LogP contribution in [0.25, 0.3) is 0 Å². The number of anilines is 1. The molecule has 0 saturated carbocycles. The molecule has 0 bridgehead atoms. The van der Waals surface area contributed by atoms with Gasteiger partial charge in [0.25, 0.3) is 0 Å². The number of alkyl halides is 3. The van der Waals surface area contributed by atoms with Crippen molar-refractivity contribution in [3.8, 4) is 0 Å². The van der Waals surface area contributed by atoms with Crippen molar-refractivity contribution in [2.45, 2.75) is 6.18 Å². The summed E-state index contributed by atoms with van der Waals surface area (Å²) in [5.41, 5.74) is 3.54. The van der Waals surface area contributed by atoms with Crippen LogP contribution in [-0.4, -0.2) is 0 Å². The summed E-state index contributed by atoms with van der Waals surface area (Å²) in [6.45, 7) is 0. The smallest absolute Gasteiger partial charge is 0.397 e. The molecule has 0 radical (unpaired) electrons. The van der Waals surface area contributed by atoms with Crippen LogP contribution in [0.1, 0.15) is 5.56 Å². The molecular formula is C7H4F4IN. The molecule has 0 aromatic heterocycles. The minimum absolute atomic E-state index is 0.201. The summed E-state index contributed by atoms with van der Waals surface area (Å²) in [5.74, 6) is -0.744. The first-order valence-electron chi connectivity index (χ1n) is 3.14. The van der Waals surface area contributed by atoms with E-state index < -0.39 is 23.2 Å². The van der Waals surface area contributed by atoms with Crippen LogP contribution in [0.4, 0.5) is 23.2 Å². The molecule has 0 heterocycles. The van der Waals surface area contributed by atoms with Gasteiger partial charge in [0.05, 0.1) is 14.8 Å². The van der Waals surface area contributed by atoms with Gasteiger partial charge in [0.1, 0.15) is 5.82 Å². The van der Waals surface area contributed by atoms with Crippen molar-refractivity contribution in [1.29, 1.82) is 0 Å². The van der Waals surface area contributed by atoms with Crippen LogP contribution in [-0.2, 0) is 6.18 Å². The molecule has 0 aliphatic carbocycles. The highest BCUT2D eigenvalue weighted by molar-refractivity contribution is 14.1. The van der Waals surface area contributed by atoms with Gasteiger partial charge in [-0.2, -0.15) is 13.2 Å². The minimum atomic E-state index is -4.53. The summed E-state index contributed by atoms with van der Waals surface area (Å²) < 4.78 is 49.0. The van der Waals surface area contributed by atoms with Gasteiger partial charge in [-0.3, -0.25) is 0 Å². The van der Waals surface area contributed by atoms with Crippen LogP contribution in [0.3, 0.4) is 0 Å². The van der Waals surface area contributed by atoms with Crippen molar-refractivity contribution >= 4 is 28.3 Å². The van der Waals surface area contributed by atoms with E-state index in [0.717, 1.165) is 6.07 Å². The number of nitrogens with two attached hydrogens (primary N) is 1. The molecule has 0 unspecified atom stereocenters. The van der Waals surface area contributed by atoms with E-state index in [1.807, 2.05) is 0 Å². The van der Waals surface area contributed by atoms with Crippen LogP contribution in [0.15, 0.2) is 12.1 Å². The third kappa shape index (κ3) is 2.04. The standard InChI is InChI=1S/C7H4F4IN/c8-4-2-1-3(7(9,10)11)6(13)5(4)12/h1-2H,13H2. The normalized spacial score (nSPS) is 11.8. The van der Waals surface area contributed by atoms with Gasteiger partial charge in [-0.1, -0.05) is 0 Å². The Labute approximate surface area is 85.1 Å². The molecular weight excluding hydrogens is 301 g/mol. The van der Waals surface area contributed by atoms with Gasteiger partial charge >= 0.3 is 6.18 Å². The fourth-order valence-corrected chi connectivity index (χ4v) is 1.28. The Morgan fingerprint density at radius 2 is 1.77 bits per heavy atom. The van der Waals surface area contributed by atoms with Gasteiger partial charge in [0.15, 0.2) is 0 Å². The summed E-state index contributed by atoms with van der Waals surface area (Å²) >= 11 is 1.43. The Balaban J connectivity index is 3.35. The van der Waals surface area contributed by atoms with Crippen molar-refractivity contribution in [3.63, 3.8) is 0 Å². The second-order valence-corrected chi connectivity index (χ2v) is 3.40. The van der Waals surface area contributed by atoms with Crippen LogP contribution < -0.4 is 5.73 Å². The lowest BCUT2D eigenvalue weighted by Gasteiger charge is -2.10. The fraction of sp³-hybridized carbons (Fsp3) is 0.143. The summed E-state index contributed by atoms with van der Waals surface area (Å²) in [6.07, 6.45) is -4.53. The van der Waals surface area contributed by atoms with E-state index in [9.17, 15) is 17.6 Å². The number of rotatable bonds is 0. The Kier molecular flexibility index (Phi) is 2.69. The highest BCUT2D eigenvalue weighted by Gasteiger charge is 2.34. The van der Waals surface area contributed by atoms with Crippen molar-refractivity contribution in [2.24, 2.45) is 0 Å². The molecule has 1 aromatic rings. The van der Waals surface area contributed by atoms with Gasteiger partial charge in [0.2, 0.25) is 0 Å². The Hall–Kier alpha value is -0.530. The highest BCUT2D eigenvalue weighted by atomic mass is 127. The quantitative estimate of drug-likeness (QED) is 0.445. The number of halogens is 5. The van der Waals surface area contributed by atoms with Crippen LogP contribution in [0, 0.1) is 9.39 Å². The summed E-state index contributed by atoms with van der Waals surface area (Å²) in [5, 5.41) is 0. The van der Waals surface area contributed by atoms with Crippen molar-refractivity contribution < 1.29 is 17.6 Å². The number of nitrogen functional groups attached to an aromatic ring is 1. The maximum atomic E-state index is 12.7. The first-order valence-corrected chi connectivity index (χ1v) is 4.22. The Bertz CT molecular complexity index is 334. The molecule has 6 heteroatoms. The van der Waals surface area contributed by atoms with Gasteiger partial charge in [-0.15, -0.1) is 0 Å². The molecule has 0 atom stereocenters. The summed E-state index contributed by atoms with van der Waals surface area (Å²) in [6, 6.07) is 1.38. The summed E-state index contributed by atoms with van der Waals surface area (Å²) in [7, 11) is 0. The lowest BCUT2D eigenvalue weighted by molar-refractivity contribution is -0.137. The van der Waals surface area contributed by atoms with E-state index in [0.29, 0.717) is 6.07 Å². The molecule has 0 aliphatic rings. The molecule has 72 valence electrons. The number of benzene rings is 1. The molecule has 1 nitrogen and oxygen atoms in total. The van der Waals surface area contributed by atoms with E-state index in [2.05, 4.69) is 0 Å². The molecule has 13 heavy (non-hydrogen) atoms. The molecule has 0 amide bonds. The monoisotopic (exact) mass is 305 g/mol.